The van der Waals surface area contributed by atoms with Gasteiger partial charge in [0, 0.05) is 6.54 Å². The molecule has 0 spiro atoms. The molecule has 0 unspecified atom stereocenters. The molecule has 0 heterocycles. The number of ether oxygens (including phenoxy) is 1. The van der Waals surface area contributed by atoms with Gasteiger partial charge in [-0.2, -0.15) is 0 Å². The second kappa shape index (κ2) is 9.65. The zero-order valence-corrected chi connectivity index (χ0v) is 20.6. The first-order chi connectivity index (χ1) is 13.9. The van der Waals surface area contributed by atoms with Gasteiger partial charge in [-0.25, -0.2) is 4.79 Å². The Morgan fingerprint density at radius 3 is 1.97 bits per heavy atom. The highest BCUT2D eigenvalue weighted by Gasteiger charge is 2.39. The van der Waals surface area contributed by atoms with Crippen molar-refractivity contribution in [3.8, 4) is 0 Å². The highest BCUT2D eigenvalue weighted by molar-refractivity contribution is 6.95. The first-order valence-corrected chi connectivity index (χ1v) is 13.7. The van der Waals surface area contributed by atoms with Crippen LogP contribution in [0.15, 0.2) is 72.4 Å². The number of hydrogen-bond donors (Lipinski definition) is 0. The topological polar surface area (TPSA) is 29.5 Å². The number of benzene rings is 2. The Bertz CT molecular complexity index is 838. The van der Waals surface area contributed by atoms with Gasteiger partial charge in [0.05, 0.1) is 6.04 Å². The zero-order valence-electron chi connectivity index (χ0n) is 19.6. The lowest BCUT2D eigenvalue weighted by atomic mass is 10.0. The molecule has 0 aliphatic heterocycles. The molecule has 162 valence electrons. The normalized spacial score (nSPS) is 13.1. The van der Waals surface area contributed by atoms with Gasteiger partial charge in [0.15, 0.2) is 0 Å². The molecule has 0 fully saturated rings. The SMILES string of the molecule is C=C([C@@H](C(C)C)N(Cc1ccccc1)C(=O)OC(C)(C)C)[Si](C)(C)c1ccccc1. The van der Waals surface area contributed by atoms with Crippen LogP contribution in [-0.4, -0.2) is 30.7 Å². The minimum Gasteiger partial charge on any atom is -0.444 e. The van der Waals surface area contributed by atoms with Crippen LogP contribution in [-0.2, 0) is 11.3 Å². The Hall–Kier alpha value is -2.33. The maximum atomic E-state index is 13.4. The van der Waals surface area contributed by atoms with E-state index in [0.717, 1.165) is 10.8 Å². The summed E-state index contributed by atoms with van der Waals surface area (Å²) in [5.41, 5.74) is 0.530. The summed E-state index contributed by atoms with van der Waals surface area (Å²) in [6.45, 7) is 19.8. The smallest absolute Gasteiger partial charge is 0.411 e. The summed E-state index contributed by atoms with van der Waals surface area (Å²) in [6, 6.07) is 20.6. The van der Waals surface area contributed by atoms with Gasteiger partial charge in [-0.05, 0) is 32.3 Å². The summed E-state index contributed by atoms with van der Waals surface area (Å²) in [5, 5.41) is 2.47. The number of nitrogens with zero attached hydrogens (tertiary/aromatic N) is 1. The Morgan fingerprint density at radius 2 is 1.50 bits per heavy atom. The van der Waals surface area contributed by atoms with E-state index in [1.807, 2.05) is 49.9 Å². The third kappa shape index (κ3) is 6.08. The van der Waals surface area contributed by atoms with Crippen LogP contribution in [0.1, 0.15) is 40.2 Å². The van der Waals surface area contributed by atoms with Crippen LogP contribution >= 0.6 is 0 Å². The van der Waals surface area contributed by atoms with Gasteiger partial charge >= 0.3 is 6.09 Å². The maximum absolute atomic E-state index is 13.4. The molecule has 2 rings (SSSR count). The average Bonchev–Trinajstić information content (AvgIpc) is 2.67. The molecule has 0 bridgehead atoms. The van der Waals surface area contributed by atoms with Crippen molar-refractivity contribution in [2.75, 3.05) is 0 Å². The molecule has 0 saturated heterocycles. The molecule has 0 aliphatic carbocycles. The van der Waals surface area contributed by atoms with Crippen molar-refractivity contribution in [1.82, 2.24) is 4.90 Å². The van der Waals surface area contributed by atoms with Gasteiger partial charge < -0.3 is 4.74 Å². The molecule has 0 N–H and O–H groups in total. The minimum absolute atomic E-state index is 0.109. The number of hydrogen-bond acceptors (Lipinski definition) is 2. The molecule has 1 atom stereocenters. The molecule has 0 radical (unpaired) electrons. The lowest BCUT2D eigenvalue weighted by Gasteiger charge is -2.41. The summed E-state index contributed by atoms with van der Waals surface area (Å²) >= 11 is 0. The third-order valence-electron chi connectivity index (χ3n) is 5.45. The van der Waals surface area contributed by atoms with Crippen molar-refractivity contribution in [1.29, 1.82) is 0 Å². The molecular weight excluding hydrogens is 386 g/mol. The minimum atomic E-state index is -2.04. The zero-order chi connectivity index (χ0) is 22.5. The van der Waals surface area contributed by atoms with E-state index >= 15 is 0 Å². The Kier molecular flexibility index (Phi) is 7.70. The van der Waals surface area contributed by atoms with E-state index in [4.69, 9.17) is 4.74 Å². The summed E-state index contributed by atoms with van der Waals surface area (Å²) in [4.78, 5) is 15.2. The molecule has 2 aromatic rings. The predicted molar refractivity (Wildman–Crippen MR) is 130 cm³/mol. The average molecular weight is 424 g/mol. The van der Waals surface area contributed by atoms with Crippen LogP contribution < -0.4 is 5.19 Å². The number of amides is 1. The number of carbonyl (C=O) groups is 1. The van der Waals surface area contributed by atoms with Crippen LogP contribution in [0.2, 0.25) is 13.1 Å². The van der Waals surface area contributed by atoms with E-state index in [2.05, 4.69) is 69.9 Å². The van der Waals surface area contributed by atoms with Gasteiger partial charge in [-0.1, -0.05) is 98.0 Å². The first-order valence-electron chi connectivity index (χ1n) is 10.7. The third-order valence-corrected chi connectivity index (χ3v) is 9.12. The Labute approximate surface area is 183 Å². The van der Waals surface area contributed by atoms with Crippen molar-refractivity contribution in [3.05, 3.63) is 78.0 Å². The van der Waals surface area contributed by atoms with Gasteiger partial charge in [-0.15, -0.1) is 6.58 Å². The molecule has 2 aromatic carbocycles. The fourth-order valence-corrected chi connectivity index (χ4v) is 6.36. The quantitative estimate of drug-likeness (QED) is 0.499. The van der Waals surface area contributed by atoms with Crippen molar-refractivity contribution >= 4 is 19.4 Å². The van der Waals surface area contributed by atoms with Crippen molar-refractivity contribution in [2.24, 2.45) is 5.92 Å². The molecule has 3 nitrogen and oxygen atoms in total. The Balaban J connectivity index is 2.47. The van der Waals surface area contributed by atoms with Gasteiger partial charge in [-0.3, -0.25) is 4.90 Å². The van der Waals surface area contributed by atoms with Crippen LogP contribution in [0.25, 0.3) is 0 Å². The highest BCUT2D eigenvalue weighted by atomic mass is 28.3. The van der Waals surface area contributed by atoms with E-state index in [1.165, 1.54) is 5.19 Å². The molecular formula is C26H37NO2Si. The van der Waals surface area contributed by atoms with Gasteiger partial charge in [0.1, 0.15) is 13.7 Å². The second-order valence-electron chi connectivity index (χ2n) is 9.80. The van der Waals surface area contributed by atoms with E-state index in [9.17, 15) is 4.79 Å². The fourth-order valence-electron chi connectivity index (χ4n) is 3.74. The molecule has 0 aliphatic rings. The van der Waals surface area contributed by atoms with E-state index in [-0.39, 0.29) is 18.1 Å². The van der Waals surface area contributed by atoms with Crippen molar-refractivity contribution in [2.45, 2.75) is 65.9 Å². The second-order valence-corrected chi connectivity index (χ2v) is 14.3. The highest BCUT2D eigenvalue weighted by Crippen LogP contribution is 2.29. The van der Waals surface area contributed by atoms with Crippen molar-refractivity contribution < 1.29 is 9.53 Å². The van der Waals surface area contributed by atoms with E-state index < -0.39 is 13.7 Å². The first kappa shape index (κ1) is 23.9. The number of carbonyl (C=O) groups excluding carboxylic acids is 1. The van der Waals surface area contributed by atoms with E-state index in [1.54, 1.807) is 0 Å². The van der Waals surface area contributed by atoms with Crippen LogP contribution in [0.4, 0.5) is 4.79 Å². The lowest BCUT2D eigenvalue weighted by Crippen LogP contribution is -2.54. The van der Waals surface area contributed by atoms with Gasteiger partial charge in [0.25, 0.3) is 0 Å². The predicted octanol–water partition coefficient (Wildman–Crippen LogP) is 6.16. The summed E-state index contributed by atoms with van der Waals surface area (Å²) in [6.07, 6.45) is -0.288. The van der Waals surface area contributed by atoms with Crippen LogP contribution in [0, 0.1) is 5.92 Å². The summed E-state index contributed by atoms with van der Waals surface area (Å²) in [5.74, 6) is 0.212. The molecule has 4 heteroatoms. The van der Waals surface area contributed by atoms with Crippen molar-refractivity contribution in [3.63, 3.8) is 0 Å². The summed E-state index contributed by atoms with van der Waals surface area (Å²) in [7, 11) is -2.04. The fraction of sp³-hybridized carbons (Fsp3) is 0.423. The molecule has 0 aromatic heterocycles. The summed E-state index contributed by atoms with van der Waals surface area (Å²) < 4.78 is 5.83. The Morgan fingerprint density at radius 1 is 1.00 bits per heavy atom. The van der Waals surface area contributed by atoms with Crippen LogP contribution in [0.5, 0.6) is 0 Å². The molecule has 30 heavy (non-hydrogen) atoms. The van der Waals surface area contributed by atoms with E-state index in [0.29, 0.717) is 6.54 Å². The maximum Gasteiger partial charge on any atom is 0.411 e. The molecule has 0 saturated carbocycles. The largest absolute Gasteiger partial charge is 0.444 e. The molecule has 1 amide bonds. The van der Waals surface area contributed by atoms with Gasteiger partial charge in [0.2, 0.25) is 0 Å². The lowest BCUT2D eigenvalue weighted by molar-refractivity contribution is 0.0136. The number of rotatable bonds is 7. The standard InChI is InChI=1S/C26H37NO2Si/c1-20(2)24(21(3)30(7,8)23-17-13-10-14-18-23)27(25(28)29-26(4,5)6)19-22-15-11-9-12-16-22/h9-18,20,24H,3,19H2,1-2,4-8H3/t24-/m1/s1. The van der Waals surface area contributed by atoms with Crippen LogP contribution in [0.3, 0.4) is 0 Å². The monoisotopic (exact) mass is 423 g/mol.